The molecule has 1 saturated heterocycles. The van der Waals surface area contributed by atoms with Crippen molar-refractivity contribution in [1.29, 1.82) is 0 Å². The lowest BCUT2D eigenvalue weighted by Gasteiger charge is -1.81. The lowest BCUT2D eigenvalue weighted by atomic mass is 10.5. The third-order valence-electron chi connectivity index (χ3n) is 1.47. The fourth-order valence-electron chi connectivity index (χ4n) is 0.591. The number of hydrogen-bond acceptors (Lipinski definition) is 1. The lowest BCUT2D eigenvalue weighted by molar-refractivity contribution is 0.236. The minimum atomic E-state index is 0.417. The predicted octanol–water partition coefficient (Wildman–Crippen LogP) is 0.548. The molecule has 0 bridgehead atoms. The van der Waals surface area contributed by atoms with Gasteiger partial charge in [-0.15, -0.1) is 0 Å². The second-order valence-corrected chi connectivity index (χ2v) is 2.12. The van der Waals surface area contributed by atoms with Crippen molar-refractivity contribution in [2.24, 2.45) is 0 Å². The minimum absolute atomic E-state index is 0.417. The van der Waals surface area contributed by atoms with E-state index in [0.717, 1.165) is 0 Å². The molecule has 1 saturated carbocycles. The van der Waals surface area contributed by atoms with Crippen molar-refractivity contribution in [3.63, 3.8) is 0 Å². The number of rotatable bonds is 0. The van der Waals surface area contributed by atoms with Crippen LogP contribution in [0.4, 0.5) is 0 Å². The number of fused-ring (bicyclic) bond motifs is 1. The Morgan fingerprint density at radius 3 is 2.20 bits per heavy atom. The quantitative estimate of drug-likeness (QED) is 0.379. The minimum Gasteiger partial charge on any atom is -0.366 e. The standard InChI is InChI=1S/C4H6O/c1-4-2-3(4)5-4/h3H,2H2,1H3. The van der Waals surface area contributed by atoms with Gasteiger partial charge in [0.15, 0.2) is 0 Å². The summed E-state index contributed by atoms with van der Waals surface area (Å²) in [4.78, 5) is 0. The molecule has 2 atom stereocenters. The van der Waals surface area contributed by atoms with Crippen LogP contribution in [0.2, 0.25) is 0 Å². The van der Waals surface area contributed by atoms with E-state index in [0.29, 0.717) is 11.7 Å². The van der Waals surface area contributed by atoms with E-state index in [1.54, 1.807) is 0 Å². The zero-order valence-corrected chi connectivity index (χ0v) is 3.19. The Kier molecular flexibility index (Phi) is 0.126. The highest BCUT2D eigenvalue weighted by Gasteiger charge is 2.69. The fraction of sp³-hybridized carbons (Fsp3) is 1.00. The summed E-state index contributed by atoms with van der Waals surface area (Å²) in [5.74, 6) is 0. The fourth-order valence-corrected chi connectivity index (χ4v) is 0.591. The van der Waals surface area contributed by atoms with Crippen LogP contribution in [0.1, 0.15) is 13.3 Å². The van der Waals surface area contributed by atoms with Gasteiger partial charge in [-0.3, -0.25) is 0 Å². The summed E-state index contributed by atoms with van der Waals surface area (Å²) in [5, 5.41) is 0. The number of hydrogen-bond donors (Lipinski definition) is 0. The Balaban J connectivity index is 2.37. The average molecular weight is 70.1 g/mol. The topological polar surface area (TPSA) is 12.5 Å². The highest BCUT2D eigenvalue weighted by Crippen LogP contribution is 2.59. The molecule has 5 heavy (non-hydrogen) atoms. The molecule has 0 aromatic carbocycles. The third kappa shape index (κ3) is 0.106. The molecule has 1 heteroatoms. The molecule has 2 unspecified atom stereocenters. The highest BCUT2D eigenvalue weighted by atomic mass is 16.6. The van der Waals surface area contributed by atoms with Gasteiger partial charge in [0.2, 0.25) is 0 Å². The molecule has 1 nitrogen and oxygen atoms in total. The summed E-state index contributed by atoms with van der Waals surface area (Å²) >= 11 is 0. The summed E-state index contributed by atoms with van der Waals surface area (Å²) in [6.07, 6.45) is 2.02. The maximum atomic E-state index is 4.99. The maximum Gasteiger partial charge on any atom is 0.0947 e. The van der Waals surface area contributed by atoms with Gasteiger partial charge in [0.05, 0.1) is 11.7 Å². The Labute approximate surface area is 30.9 Å². The van der Waals surface area contributed by atoms with Crippen molar-refractivity contribution in [2.45, 2.75) is 25.0 Å². The lowest BCUT2D eigenvalue weighted by Crippen LogP contribution is -1.81. The van der Waals surface area contributed by atoms with Gasteiger partial charge >= 0.3 is 0 Å². The van der Waals surface area contributed by atoms with Gasteiger partial charge in [0.1, 0.15) is 0 Å². The van der Waals surface area contributed by atoms with Crippen LogP contribution in [0.3, 0.4) is 0 Å². The first kappa shape index (κ1) is 2.19. The zero-order chi connectivity index (χ0) is 3.49. The second kappa shape index (κ2) is 0.289. The number of ether oxygens (including phenoxy) is 1. The third-order valence-corrected chi connectivity index (χ3v) is 1.47. The molecule has 1 heterocycles. The largest absolute Gasteiger partial charge is 0.366 e. The SMILES string of the molecule is CC12CC1O2. The van der Waals surface area contributed by atoms with E-state index in [4.69, 9.17) is 4.74 Å². The summed E-state index contributed by atoms with van der Waals surface area (Å²) in [5.41, 5.74) is 0.417. The zero-order valence-electron chi connectivity index (χ0n) is 3.19. The molecular weight excluding hydrogens is 64.0 g/mol. The van der Waals surface area contributed by atoms with Crippen LogP contribution in [0.5, 0.6) is 0 Å². The molecule has 0 amide bonds. The van der Waals surface area contributed by atoms with Crippen molar-refractivity contribution in [3.8, 4) is 0 Å². The molecule has 2 aliphatic rings. The van der Waals surface area contributed by atoms with Crippen LogP contribution in [-0.4, -0.2) is 11.7 Å². The van der Waals surface area contributed by atoms with Gasteiger partial charge in [-0.2, -0.15) is 0 Å². The van der Waals surface area contributed by atoms with Crippen LogP contribution >= 0.6 is 0 Å². The van der Waals surface area contributed by atoms with Crippen LogP contribution < -0.4 is 0 Å². The first-order valence-electron chi connectivity index (χ1n) is 1.99. The van der Waals surface area contributed by atoms with Crippen molar-refractivity contribution in [3.05, 3.63) is 0 Å². The second-order valence-electron chi connectivity index (χ2n) is 2.12. The Morgan fingerprint density at radius 2 is 2.20 bits per heavy atom. The normalized spacial score (nSPS) is 70.2. The van der Waals surface area contributed by atoms with E-state index < -0.39 is 0 Å². The molecular formula is C4H6O. The van der Waals surface area contributed by atoms with Gasteiger partial charge in [-0.1, -0.05) is 0 Å². The molecule has 1 aliphatic carbocycles. The monoisotopic (exact) mass is 70.0 g/mol. The smallest absolute Gasteiger partial charge is 0.0947 e. The Morgan fingerprint density at radius 1 is 2.00 bits per heavy atom. The van der Waals surface area contributed by atoms with Gasteiger partial charge in [-0.25, -0.2) is 0 Å². The van der Waals surface area contributed by atoms with E-state index >= 15 is 0 Å². The molecule has 2 rings (SSSR count). The number of epoxide rings is 1. The Bertz CT molecular complexity index is 71.7. The predicted molar refractivity (Wildman–Crippen MR) is 17.9 cm³/mol. The molecule has 0 spiro atoms. The van der Waals surface area contributed by atoms with Crippen LogP contribution in [0, 0.1) is 0 Å². The van der Waals surface area contributed by atoms with Gasteiger partial charge < -0.3 is 4.74 Å². The van der Waals surface area contributed by atoms with E-state index in [-0.39, 0.29) is 0 Å². The van der Waals surface area contributed by atoms with Gasteiger partial charge in [-0.05, 0) is 6.92 Å². The summed E-state index contributed by atoms with van der Waals surface area (Å²) in [7, 11) is 0. The molecule has 1 aliphatic heterocycles. The first-order chi connectivity index (χ1) is 2.31. The highest BCUT2D eigenvalue weighted by molar-refractivity contribution is 5.17. The van der Waals surface area contributed by atoms with E-state index in [2.05, 4.69) is 6.92 Å². The molecule has 0 N–H and O–H groups in total. The van der Waals surface area contributed by atoms with Crippen LogP contribution in [0.15, 0.2) is 0 Å². The molecule has 0 radical (unpaired) electrons. The molecule has 0 aromatic heterocycles. The van der Waals surface area contributed by atoms with Crippen LogP contribution in [0.25, 0.3) is 0 Å². The van der Waals surface area contributed by atoms with Crippen molar-refractivity contribution >= 4 is 0 Å². The summed E-state index contributed by atoms with van der Waals surface area (Å²) in [6.45, 7) is 2.15. The van der Waals surface area contributed by atoms with Crippen molar-refractivity contribution < 1.29 is 4.74 Å². The van der Waals surface area contributed by atoms with Crippen molar-refractivity contribution in [2.75, 3.05) is 0 Å². The van der Waals surface area contributed by atoms with Gasteiger partial charge in [0, 0.05) is 6.42 Å². The average Bonchev–Trinajstić information content (AvgIpc) is 1.74. The first-order valence-corrected chi connectivity index (χ1v) is 1.99. The summed E-state index contributed by atoms with van der Waals surface area (Å²) in [6, 6.07) is 0. The van der Waals surface area contributed by atoms with Crippen molar-refractivity contribution in [1.82, 2.24) is 0 Å². The summed E-state index contributed by atoms with van der Waals surface area (Å²) < 4.78 is 4.99. The van der Waals surface area contributed by atoms with Gasteiger partial charge in [0.25, 0.3) is 0 Å². The maximum absolute atomic E-state index is 4.99. The van der Waals surface area contributed by atoms with E-state index in [1.807, 2.05) is 0 Å². The van der Waals surface area contributed by atoms with E-state index in [9.17, 15) is 0 Å². The van der Waals surface area contributed by atoms with Crippen LogP contribution in [-0.2, 0) is 4.74 Å². The molecule has 2 fully saturated rings. The molecule has 0 aromatic rings. The molecule has 28 valence electrons. The van der Waals surface area contributed by atoms with E-state index in [1.165, 1.54) is 6.42 Å². The Hall–Kier alpha value is -0.0400.